The Morgan fingerprint density at radius 2 is 1.01 bits per heavy atom. The van der Waals surface area contributed by atoms with Gasteiger partial charge in [0.1, 0.15) is 6.26 Å². The maximum Gasteiger partial charge on any atom is 0.196 e. The fraction of sp³-hybridized carbons (Fsp3) is 0.632. The van der Waals surface area contributed by atoms with Crippen molar-refractivity contribution in [2.45, 2.75) is 236 Å². The van der Waals surface area contributed by atoms with Crippen LogP contribution in [0, 0.1) is 5.92 Å². The fourth-order valence-electron chi connectivity index (χ4n) is 3.98. The minimum atomic E-state index is 0.407. The minimum Gasteiger partial charge on any atom is -0.449 e. The molecule has 1 aliphatic rings. The van der Waals surface area contributed by atoms with Crippen molar-refractivity contribution in [2.24, 2.45) is 10.9 Å². The van der Waals surface area contributed by atoms with Gasteiger partial charge in [0.25, 0.3) is 0 Å². The Labute approximate surface area is 445 Å². The lowest BCUT2D eigenvalue weighted by molar-refractivity contribution is 0.471. The Hall–Kier alpha value is -4.07. The molecule has 0 bridgehead atoms. The van der Waals surface area contributed by atoms with Crippen LogP contribution < -0.4 is 0 Å². The van der Waals surface area contributed by atoms with E-state index in [1.165, 1.54) is 32.7 Å². The molecule has 406 valence electrons. The first-order chi connectivity index (χ1) is 33.6. The van der Waals surface area contributed by atoms with Crippen molar-refractivity contribution in [3.63, 3.8) is 0 Å². The van der Waals surface area contributed by atoms with Crippen molar-refractivity contribution in [3.8, 4) is 0 Å². The van der Waals surface area contributed by atoms with Crippen molar-refractivity contribution in [1.29, 1.82) is 0 Å². The maximum atomic E-state index is 4.98. The predicted molar refractivity (Wildman–Crippen MR) is 320 cm³/mol. The van der Waals surface area contributed by atoms with Gasteiger partial charge in [-0.2, -0.15) is 0 Å². The van der Waals surface area contributed by atoms with E-state index in [1.807, 2.05) is 158 Å². The van der Waals surface area contributed by atoms with Crippen LogP contribution in [0.3, 0.4) is 0 Å². The molecular weight excluding hydrogens is 923 g/mol. The second kappa shape index (κ2) is 61.1. The van der Waals surface area contributed by atoms with Gasteiger partial charge in [0.2, 0.25) is 0 Å². The Bertz CT molecular complexity index is 1440. The molecule has 0 amide bonds. The number of oxazole rings is 1. The van der Waals surface area contributed by atoms with E-state index in [1.54, 1.807) is 59.1 Å². The van der Waals surface area contributed by atoms with E-state index in [0.29, 0.717) is 41.4 Å². The standard InChI is InChI=1S/C7H11N.2C6H10N2.C6H9NO.3C6H9NS.7C2H6/c1-6(2)7-4-3-5-8-7;2*1-5(2)6-3-7-4-8-6;1-5(2)6-7-3-4-8-6;1-5(2)6-3-8-4-7-6;1-5(2)6-3-7-4-8-6;1-5(2)6-7-3-4-8-6;7*1-2/h3,5-6H,4H2,1-2H3;2*3-5H,1-2H3,(H,7,8);4*3-5H,1-2H3;7*1-2H3. The van der Waals surface area contributed by atoms with Crippen molar-refractivity contribution in [3.05, 3.63) is 117 Å². The molecule has 0 fully saturated rings. The van der Waals surface area contributed by atoms with E-state index in [-0.39, 0.29) is 0 Å². The van der Waals surface area contributed by atoms with E-state index >= 15 is 0 Å². The van der Waals surface area contributed by atoms with Gasteiger partial charge in [0.05, 0.1) is 40.6 Å². The molecule has 1 aliphatic heterocycles. The molecule has 0 saturated heterocycles. The lowest BCUT2D eigenvalue weighted by atomic mass is 10.1. The highest BCUT2D eigenvalue weighted by Crippen LogP contribution is 2.17. The first-order valence-corrected chi connectivity index (χ1v) is 29.1. The zero-order valence-electron chi connectivity index (χ0n) is 50.1. The number of thiazole rings is 3. The molecule has 6 aromatic rings. The Morgan fingerprint density at radius 3 is 1.19 bits per heavy atom. The summed E-state index contributed by atoms with van der Waals surface area (Å²) in [6.45, 7) is 57.9. The van der Waals surface area contributed by atoms with Gasteiger partial charge in [0, 0.05) is 82.0 Å². The average molecular weight is 1030 g/mol. The molecule has 2 N–H and O–H groups in total. The third-order valence-electron chi connectivity index (χ3n) is 7.58. The third-order valence-corrected chi connectivity index (χ3v) is 10.3. The van der Waals surface area contributed by atoms with Crippen LogP contribution in [0.5, 0.6) is 0 Å². The van der Waals surface area contributed by atoms with Crippen LogP contribution in [-0.4, -0.2) is 45.6 Å². The first kappa shape index (κ1) is 80.0. The molecule has 0 aliphatic carbocycles. The quantitative estimate of drug-likeness (QED) is 0.163. The molecule has 7 heterocycles. The SMILES string of the molecule is CC.CC.CC.CC.CC.CC.CC.CC(C)C1=NC=CC1.CC(C)c1cnc[nH]1.CC(C)c1cnc[nH]1.CC(C)c1cncs1.CC(C)c1cscn1.CC(C)c1ncco1.CC(C)c1nccs1. The molecule has 6 aromatic heterocycles. The molecule has 10 nitrogen and oxygen atoms in total. The average Bonchev–Trinajstić information content (AvgIpc) is 4.26. The van der Waals surface area contributed by atoms with Gasteiger partial charge in [-0.3, -0.25) is 9.98 Å². The van der Waals surface area contributed by atoms with E-state index in [0.717, 1.165) is 12.3 Å². The van der Waals surface area contributed by atoms with Gasteiger partial charge >= 0.3 is 0 Å². The van der Waals surface area contributed by atoms with Crippen LogP contribution >= 0.6 is 34.0 Å². The number of nitrogens with one attached hydrogen (secondary N) is 2. The zero-order valence-corrected chi connectivity index (χ0v) is 52.5. The van der Waals surface area contributed by atoms with Crippen LogP contribution in [0.25, 0.3) is 0 Å². The maximum absolute atomic E-state index is 4.98. The lowest BCUT2D eigenvalue weighted by Gasteiger charge is -2.00. The Balaban J connectivity index is -0.000000127. The van der Waals surface area contributed by atoms with Crippen molar-refractivity contribution in [1.82, 2.24) is 39.9 Å². The fourth-order valence-corrected chi connectivity index (χ4v) is 5.99. The number of aliphatic imine (C=N–C) groups is 1. The van der Waals surface area contributed by atoms with Gasteiger partial charge in [0.15, 0.2) is 5.89 Å². The molecule has 0 radical (unpaired) electrons. The molecule has 0 spiro atoms. The minimum absolute atomic E-state index is 0.407. The summed E-state index contributed by atoms with van der Waals surface area (Å²) in [5, 5.41) is 5.32. The molecule has 0 unspecified atom stereocenters. The number of imidazole rings is 2. The molecule has 70 heavy (non-hydrogen) atoms. The lowest BCUT2D eigenvalue weighted by Crippen LogP contribution is -2.02. The second-order valence-corrected chi connectivity index (χ2v) is 17.4. The van der Waals surface area contributed by atoms with Gasteiger partial charge in [-0.1, -0.05) is 200 Å². The molecule has 0 atom stereocenters. The van der Waals surface area contributed by atoms with Crippen molar-refractivity contribution in [2.75, 3.05) is 0 Å². The summed E-state index contributed by atoms with van der Waals surface area (Å²) in [4.78, 5) is 35.5. The summed E-state index contributed by atoms with van der Waals surface area (Å²) >= 11 is 5.10. The third kappa shape index (κ3) is 47.6. The van der Waals surface area contributed by atoms with Crippen molar-refractivity contribution >= 4 is 39.7 Å². The van der Waals surface area contributed by atoms with E-state index in [4.69, 9.17) is 4.42 Å². The monoisotopic (exact) mass is 1030 g/mol. The van der Waals surface area contributed by atoms with Gasteiger partial charge in [-0.25, -0.2) is 24.9 Å². The van der Waals surface area contributed by atoms with Crippen LogP contribution in [0.15, 0.2) is 93.4 Å². The number of H-pyrrole nitrogens is 2. The summed E-state index contributed by atoms with van der Waals surface area (Å²) in [6, 6.07) is 0. The summed E-state index contributed by atoms with van der Waals surface area (Å²) in [6.07, 6.45) is 19.2. The van der Waals surface area contributed by atoms with E-state index in [9.17, 15) is 0 Å². The molecule has 13 heteroatoms. The number of nitrogens with zero attached hydrogens (tertiary/aromatic N) is 7. The van der Waals surface area contributed by atoms with E-state index < -0.39 is 0 Å². The van der Waals surface area contributed by atoms with Crippen molar-refractivity contribution < 1.29 is 4.42 Å². The number of aromatic nitrogens is 8. The highest BCUT2D eigenvalue weighted by molar-refractivity contribution is 7.09. The van der Waals surface area contributed by atoms with Gasteiger partial charge < -0.3 is 14.4 Å². The number of aromatic amines is 2. The molecular formula is C57H109N9OS3. The van der Waals surface area contributed by atoms with Gasteiger partial charge in [-0.15, -0.1) is 34.0 Å². The van der Waals surface area contributed by atoms with Crippen LogP contribution in [-0.2, 0) is 0 Å². The Kier molecular flexibility index (Phi) is 69.8. The smallest absolute Gasteiger partial charge is 0.196 e. The first-order valence-electron chi connectivity index (χ1n) is 26.4. The largest absolute Gasteiger partial charge is 0.449 e. The highest BCUT2D eigenvalue weighted by Gasteiger charge is 2.04. The van der Waals surface area contributed by atoms with Crippen LogP contribution in [0.1, 0.15) is 269 Å². The molecule has 0 aromatic carbocycles. The Morgan fingerprint density at radius 1 is 0.500 bits per heavy atom. The predicted octanol–water partition coefficient (Wildman–Crippen LogP) is 20.8. The zero-order chi connectivity index (χ0) is 55.9. The summed E-state index contributed by atoms with van der Waals surface area (Å²) < 4.78 is 4.98. The molecule has 0 saturated carbocycles. The summed E-state index contributed by atoms with van der Waals surface area (Å²) in [5.41, 5.74) is 8.65. The number of allylic oxidation sites excluding steroid dienone is 1. The van der Waals surface area contributed by atoms with Crippen LogP contribution in [0.4, 0.5) is 0 Å². The van der Waals surface area contributed by atoms with E-state index in [2.05, 4.69) is 139 Å². The number of rotatable bonds is 7. The van der Waals surface area contributed by atoms with Crippen LogP contribution in [0.2, 0.25) is 0 Å². The number of hydrogen-bond donors (Lipinski definition) is 2. The normalized spacial score (nSPS) is 9.73. The molecule has 7 rings (SSSR count). The second-order valence-electron chi connectivity index (χ2n) is 14.9. The topological polar surface area (TPSA) is 134 Å². The van der Waals surface area contributed by atoms with Gasteiger partial charge in [-0.05, 0) is 29.6 Å². The summed E-state index contributed by atoms with van der Waals surface area (Å²) in [5.74, 6) is 4.80. The highest BCUT2D eigenvalue weighted by atomic mass is 32.1. The number of hydrogen-bond acceptors (Lipinski definition) is 11. The summed E-state index contributed by atoms with van der Waals surface area (Å²) in [7, 11) is 0.